The molecule has 1 aliphatic heterocycles. The lowest BCUT2D eigenvalue weighted by Gasteiger charge is -2.36. The third kappa shape index (κ3) is 3.03. The smallest absolute Gasteiger partial charge is 0.321 e. The van der Waals surface area contributed by atoms with Crippen molar-refractivity contribution in [3.63, 3.8) is 0 Å². The summed E-state index contributed by atoms with van der Waals surface area (Å²) in [6.45, 7) is 8.70. The SMILES string of the molecule is C=C(C)NC(=O)N1CCN(c2ccccc2)CC1. The van der Waals surface area contributed by atoms with Gasteiger partial charge in [-0.25, -0.2) is 4.79 Å². The molecule has 1 N–H and O–H groups in total. The van der Waals surface area contributed by atoms with E-state index in [1.54, 1.807) is 6.92 Å². The van der Waals surface area contributed by atoms with Crippen molar-refractivity contribution in [1.82, 2.24) is 10.2 Å². The van der Waals surface area contributed by atoms with Gasteiger partial charge in [0.05, 0.1) is 0 Å². The third-order valence-electron chi connectivity index (χ3n) is 3.01. The lowest BCUT2D eigenvalue weighted by molar-refractivity contribution is 0.197. The number of amides is 2. The molecule has 0 radical (unpaired) electrons. The molecule has 1 aromatic carbocycles. The molecule has 18 heavy (non-hydrogen) atoms. The molecule has 1 heterocycles. The number of urea groups is 1. The number of carbonyl (C=O) groups is 1. The van der Waals surface area contributed by atoms with Gasteiger partial charge in [0.2, 0.25) is 0 Å². The van der Waals surface area contributed by atoms with E-state index >= 15 is 0 Å². The van der Waals surface area contributed by atoms with E-state index in [0.29, 0.717) is 5.70 Å². The minimum absolute atomic E-state index is 0.0461. The maximum absolute atomic E-state index is 11.8. The summed E-state index contributed by atoms with van der Waals surface area (Å²) in [4.78, 5) is 15.9. The number of piperazine rings is 1. The van der Waals surface area contributed by atoms with E-state index < -0.39 is 0 Å². The van der Waals surface area contributed by atoms with Gasteiger partial charge in [0.15, 0.2) is 0 Å². The summed E-state index contributed by atoms with van der Waals surface area (Å²) >= 11 is 0. The zero-order chi connectivity index (χ0) is 13.0. The first kappa shape index (κ1) is 12.5. The van der Waals surface area contributed by atoms with Crippen LogP contribution in [0.2, 0.25) is 0 Å². The average molecular weight is 245 g/mol. The quantitative estimate of drug-likeness (QED) is 0.865. The van der Waals surface area contributed by atoms with Crippen molar-refractivity contribution >= 4 is 11.7 Å². The Morgan fingerprint density at radius 3 is 2.33 bits per heavy atom. The van der Waals surface area contributed by atoms with E-state index in [4.69, 9.17) is 0 Å². The van der Waals surface area contributed by atoms with E-state index in [0.717, 1.165) is 26.2 Å². The van der Waals surface area contributed by atoms with Crippen LogP contribution in [0.5, 0.6) is 0 Å². The van der Waals surface area contributed by atoms with Crippen molar-refractivity contribution in [3.8, 4) is 0 Å². The summed E-state index contributed by atoms with van der Waals surface area (Å²) in [5.41, 5.74) is 1.91. The van der Waals surface area contributed by atoms with Gasteiger partial charge in [0, 0.05) is 37.6 Å². The van der Waals surface area contributed by atoms with E-state index in [2.05, 4.69) is 28.9 Å². The Morgan fingerprint density at radius 2 is 1.78 bits per heavy atom. The molecule has 0 aromatic heterocycles. The standard InChI is InChI=1S/C14H19N3O/c1-12(2)15-14(18)17-10-8-16(9-11-17)13-6-4-3-5-7-13/h3-7H,1,8-11H2,2H3,(H,15,18). The van der Waals surface area contributed by atoms with Gasteiger partial charge in [-0.1, -0.05) is 24.8 Å². The number of para-hydroxylation sites is 1. The number of carbonyl (C=O) groups excluding carboxylic acids is 1. The zero-order valence-electron chi connectivity index (χ0n) is 10.7. The summed E-state index contributed by atoms with van der Waals surface area (Å²) in [7, 11) is 0. The number of hydrogen-bond acceptors (Lipinski definition) is 2. The first-order valence-electron chi connectivity index (χ1n) is 6.18. The van der Waals surface area contributed by atoms with Gasteiger partial charge < -0.3 is 15.1 Å². The van der Waals surface area contributed by atoms with Crippen LogP contribution in [0, 0.1) is 0 Å². The second kappa shape index (κ2) is 5.58. The summed E-state index contributed by atoms with van der Waals surface area (Å²) in [5, 5.41) is 2.74. The van der Waals surface area contributed by atoms with Crippen LogP contribution in [-0.2, 0) is 0 Å². The fourth-order valence-electron chi connectivity index (χ4n) is 2.07. The van der Waals surface area contributed by atoms with Crippen molar-refractivity contribution in [2.75, 3.05) is 31.1 Å². The molecule has 1 aliphatic rings. The lowest BCUT2D eigenvalue weighted by Crippen LogP contribution is -2.51. The zero-order valence-corrected chi connectivity index (χ0v) is 10.7. The number of benzene rings is 1. The fourth-order valence-corrected chi connectivity index (χ4v) is 2.07. The van der Waals surface area contributed by atoms with Crippen molar-refractivity contribution in [3.05, 3.63) is 42.6 Å². The van der Waals surface area contributed by atoms with Crippen molar-refractivity contribution < 1.29 is 4.79 Å². The summed E-state index contributed by atoms with van der Waals surface area (Å²) < 4.78 is 0. The van der Waals surface area contributed by atoms with Gasteiger partial charge >= 0.3 is 6.03 Å². The molecular formula is C14H19N3O. The summed E-state index contributed by atoms with van der Waals surface area (Å²) in [6, 6.07) is 10.2. The minimum Gasteiger partial charge on any atom is -0.368 e. The van der Waals surface area contributed by atoms with Crippen LogP contribution >= 0.6 is 0 Å². The molecule has 0 unspecified atom stereocenters. The van der Waals surface area contributed by atoms with Crippen LogP contribution in [0.15, 0.2) is 42.6 Å². The number of allylic oxidation sites excluding steroid dienone is 1. The Labute approximate surface area is 108 Å². The predicted molar refractivity (Wildman–Crippen MR) is 73.6 cm³/mol. The summed E-state index contributed by atoms with van der Waals surface area (Å²) in [5.74, 6) is 0. The molecular weight excluding hydrogens is 226 g/mol. The average Bonchev–Trinajstić information content (AvgIpc) is 2.39. The highest BCUT2D eigenvalue weighted by Gasteiger charge is 2.20. The molecule has 2 rings (SSSR count). The van der Waals surface area contributed by atoms with Crippen LogP contribution < -0.4 is 10.2 Å². The maximum Gasteiger partial charge on any atom is 0.321 e. The van der Waals surface area contributed by atoms with Crippen LogP contribution in [0.3, 0.4) is 0 Å². The van der Waals surface area contributed by atoms with E-state index in [1.807, 2.05) is 23.1 Å². The Hall–Kier alpha value is -1.97. The lowest BCUT2D eigenvalue weighted by atomic mass is 10.2. The highest BCUT2D eigenvalue weighted by Crippen LogP contribution is 2.15. The van der Waals surface area contributed by atoms with Gasteiger partial charge in [-0.3, -0.25) is 0 Å². The van der Waals surface area contributed by atoms with E-state index in [1.165, 1.54) is 5.69 Å². The molecule has 0 saturated carbocycles. The molecule has 0 spiro atoms. The molecule has 0 atom stereocenters. The van der Waals surface area contributed by atoms with Crippen LogP contribution in [0.4, 0.5) is 10.5 Å². The van der Waals surface area contributed by atoms with Gasteiger partial charge in [-0.2, -0.15) is 0 Å². The van der Waals surface area contributed by atoms with Gasteiger partial charge in [-0.15, -0.1) is 0 Å². The predicted octanol–water partition coefficient (Wildman–Crippen LogP) is 2.05. The molecule has 1 aromatic rings. The first-order valence-corrected chi connectivity index (χ1v) is 6.18. The number of rotatable bonds is 2. The normalized spacial score (nSPS) is 15.4. The molecule has 4 nitrogen and oxygen atoms in total. The molecule has 4 heteroatoms. The van der Waals surface area contributed by atoms with Crippen LogP contribution in [0.1, 0.15) is 6.92 Å². The second-order valence-corrected chi connectivity index (χ2v) is 4.52. The third-order valence-corrected chi connectivity index (χ3v) is 3.01. The molecule has 96 valence electrons. The summed E-state index contributed by atoms with van der Waals surface area (Å²) in [6.07, 6.45) is 0. The topological polar surface area (TPSA) is 35.6 Å². The minimum atomic E-state index is -0.0461. The maximum atomic E-state index is 11.8. The highest BCUT2D eigenvalue weighted by molar-refractivity contribution is 5.76. The number of nitrogens with zero attached hydrogens (tertiary/aromatic N) is 2. The molecule has 2 amide bonds. The van der Waals surface area contributed by atoms with Gasteiger partial charge in [-0.05, 0) is 19.1 Å². The molecule has 1 fully saturated rings. The van der Waals surface area contributed by atoms with Crippen molar-refractivity contribution in [1.29, 1.82) is 0 Å². The van der Waals surface area contributed by atoms with Gasteiger partial charge in [0.25, 0.3) is 0 Å². The van der Waals surface area contributed by atoms with Gasteiger partial charge in [0.1, 0.15) is 0 Å². The van der Waals surface area contributed by atoms with Crippen LogP contribution in [0.25, 0.3) is 0 Å². The molecule has 0 bridgehead atoms. The number of nitrogens with one attached hydrogen (secondary N) is 1. The largest absolute Gasteiger partial charge is 0.368 e. The number of anilines is 1. The van der Waals surface area contributed by atoms with Crippen molar-refractivity contribution in [2.45, 2.75) is 6.92 Å². The second-order valence-electron chi connectivity index (χ2n) is 4.52. The Kier molecular flexibility index (Phi) is 3.87. The Bertz CT molecular complexity index is 422. The Balaban J connectivity index is 1.88. The van der Waals surface area contributed by atoms with E-state index in [-0.39, 0.29) is 6.03 Å². The fraction of sp³-hybridized carbons (Fsp3) is 0.357. The van der Waals surface area contributed by atoms with E-state index in [9.17, 15) is 4.79 Å². The Morgan fingerprint density at radius 1 is 1.17 bits per heavy atom. The molecule has 1 saturated heterocycles. The number of hydrogen-bond donors (Lipinski definition) is 1. The monoisotopic (exact) mass is 245 g/mol. The van der Waals surface area contributed by atoms with Crippen LogP contribution in [-0.4, -0.2) is 37.1 Å². The molecule has 0 aliphatic carbocycles. The first-order chi connectivity index (χ1) is 8.66. The van der Waals surface area contributed by atoms with Crippen molar-refractivity contribution in [2.24, 2.45) is 0 Å². The highest BCUT2D eigenvalue weighted by atomic mass is 16.2.